The minimum Gasteiger partial charge on any atom is -0.139 e. The molecule has 1 unspecified atom stereocenters. The van der Waals surface area contributed by atoms with E-state index in [4.69, 9.17) is 11.6 Å². The summed E-state index contributed by atoms with van der Waals surface area (Å²) < 4.78 is 2.17. The highest BCUT2D eigenvalue weighted by molar-refractivity contribution is 9.09. The second-order valence-electron chi connectivity index (χ2n) is 3.69. The molecule has 0 aliphatic heterocycles. The SMILES string of the molecule is Clc1ccc(C(Br)c2cc3ccccc3s2)s1. The smallest absolute Gasteiger partial charge is 0.0931 e. The number of hydrogen-bond acceptors (Lipinski definition) is 2. The molecule has 0 N–H and O–H groups in total. The Labute approximate surface area is 121 Å². The maximum absolute atomic E-state index is 5.97. The van der Waals surface area contributed by atoms with Gasteiger partial charge >= 0.3 is 0 Å². The van der Waals surface area contributed by atoms with Gasteiger partial charge in [0.05, 0.1) is 9.16 Å². The van der Waals surface area contributed by atoms with Crippen LogP contribution in [-0.2, 0) is 0 Å². The molecule has 0 aliphatic rings. The fourth-order valence-electron chi connectivity index (χ4n) is 1.73. The van der Waals surface area contributed by atoms with Gasteiger partial charge in [0.15, 0.2) is 0 Å². The van der Waals surface area contributed by atoms with Crippen LogP contribution in [0.15, 0.2) is 42.5 Å². The Balaban J connectivity index is 2.03. The quantitative estimate of drug-likeness (QED) is 0.493. The van der Waals surface area contributed by atoms with Gasteiger partial charge in [0, 0.05) is 14.5 Å². The average Bonchev–Trinajstić information content (AvgIpc) is 2.93. The van der Waals surface area contributed by atoms with Crippen molar-refractivity contribution < 1.29 is 0 Å². The van der Waals surface area contributed by atoms with Gasteiger partial charge in [0.25, 0.3) is 0 Å². The Bertz CT molecular complexity index is 623. The van der Waals surface area contributed by atoms with E-state index in [-0.39, 0.29) is 4.83 Å². The van der Waals surface area contributed by atoms with Gasteiger partial charge < -0.3 is 0 Å². The molecule has 4 heteroatoms. The molecule has 2 aromatic heterocycles. The van der Waals surface area contributed by atoms with Gasteiger partial charge in [-0.2, -0.15) is 0 Å². The summed E-state index contributed by atoms with van der Waals surface area (Å²) in [7, 11) is 0. The van der Waals surface area contributed by atoms with Crippen LogP contribution in [0.2, 0.25) is 4.34 Å². The van der Waals surface area contributed by atoms with Gasteiger partial charge in [-0.25, -0.2) is 0 Å². The Hall–Kier alpha value is -0.350. The molecule has 0 spiro atoms. The summed E-state index contributed by atoms with van der Waals surface area (Å²) in [4.78, 5) is 2.82. The van der Waals surface area contributed by atoms with Crippen molar-refractivity contribution in [1.82, 2.24) is 0 Å². The van der Waals surface area contributed by atoms with Crippen LogP contribution in [0.1, 0.15) is 14.6 Å². The van der Waals surface area contributed by atoms with Crippen molar-refractivity contribution in [3.8, 4) is 0 Å². The lowest BCUT2D eigenvalue weighted by molar-refractivity contribution is 1.29. The molecule has 1 atom stereocenters. The Morgan fingerprint density at radius 1 is 1.00 bits per heavy atom. The van der Waals surface area contributed by atoms with Crippen molar-refractivity contribution in [2.24, 2.45) is 0 Å². The number of benzene rings is 1. The highest BCUT2D eigenvalue weighted by Gasteiger charge is 2.15. The lowest BCUT2D eigenvalue weighted by atomic mass is 10.2. The van der Waals surface area contributed by atoms with Gasteiger partial charge in [-0.05, 0) is 29.7 Å². The maximum Gasteiger partial charge on any atom is 0.0931 e. The van der Waals surface area contributed by atoms with Crippen LogP contribution in [0, 0.1) is 0 Å². The predicted octanol–water partition coefficient (Wildman–Crippen LogP) is 6.10. The van der Waals surface area contributed by atoms with E-state index < -0.39 is 0 Å². The van der Waals surface area contributed by atoms with Crippen molar-refractivity contribution in [3.63, 3.8) is 0 Å². The maximum atomic E-state index is 5.97. The number of rotatable bonds is 2. The molecule has 86 valence electrons. The van der Waals surface area contributed by atoms with Crippen LogP contribution >= 0.6 is 50.2 Å². The summed E-state index contributed by atoms with van der Waals surface area (Å²) in [6.45, 7) is 0. The molecular weight excluding hydrogens is 336 g/mol. The Morgan fingerprint density at radius 2 is 1.82 bits per heavy atom. The van der Waals surface area contributed by atoms with Crippen LogP contribution in [0.3, 0.4) is 0 Å². The average molecular weight is 344 g/mol. The zero-order chi connectivity index (χ0) is 11.8. The number of alkyl halides is 1. The van der Waals surface area contributed by atoms with E-state index in [2.05, 4.69) is 52.3 Å². The second kappa shape index (κ2) is 4.73. The first kappa shape index (κ1) is 11.7. The minimum atomic E-state index is 0.248. The van der Waals surface area contributed by atoms with Crippen molar-refractivity contribution in [2.45, 2.75) is 4.83 Å². The number of hydrogen-bond donors (Lipinski definition) is 0. The summed E-state index contributed by atoms with van der Waals surface area (Å²) in [5, 5.41) is 1.31. The molecule has 3 rings (SSSR count). The molecule has 3 aromatic rings. The van der Waals surface area contributed by atoms with Crippen LogP contribution in [0.25, 0.3) is 10.1 Å². The molecule has 17 heavy (non-hydrogen) atoms. The summed E-state index contributed by atoms with van der Waals surface area (Å²) in [6.07, 6.45) is 0. The predicted molar refractivity (Wildman–Crippen MR) is 81.9 cm³/mol. The third-order valence-corrected chi connectivity index (χ3v) is 6.61. The lowest BCUT2D eigenvalue weighted by Crippen LogP contribution is -1.83. The fraction of sp³-hybridized carbons (Fsp3) is 0.0769. The van der Waals surface area contributed by atoms with Gasteiger partial charge in [-0.1, -0.05) is 45.7 Å². The highest BCUT2D eigenvalue weighted by Crippen LogP contribution is 2.41. The van der Waals surface area contributed by atoms with Crippen molar-refractivity contribution >= 4 is 60.3 Å². The Morgan fingerprint density at radius 3 is 2.53 bits per heavy atom. The molecule has 0 amide bonds. The van der Waals surface area contributed by atoms with E-state index >= 15 is 0 Å². The first-order valence-corrected chi connectivity index (χ1v) is 8.04. The molecule has 0 fully saturated rings. The summed E-state index contributed by atoms with van der Waals surface area (Å²) in [5.41, 5.74) is 0. The van der Waals surface area contributed by atoms with E-state index in [0.29, 0.717) is 0 Å². The first-order valence-electron chi connectivity index (χ1n) is 5.12. The van der Waals surface area contributed by atoms with Crippen molar-refractivity contribution in [3.05, 3.63) is 56.6 Å². The Kier molecular flexibility index (Phi) is 3.26. The third kappa shape index (κ3) is 2.29. The topological polar surface area (TPSA) is 0 Å². The fourth-order valence-corrected chi connectivity index (χ4v) is 4.77. The zero-order valence-corrected chi connectivity index (χ0v) is 12.7. The van der Waals surface area contributed by atoms with Crippen LogP contribution < -0.4 is 0 Å². The molecule has 0 radical (unpaired) electrons. The van der Waals surface area contributed by atoms with Crippen molar-refractivity contribution in [2.75, 3.05) is 0 Å². The molecule has 0 saturated heterocycles. The molecule has 0 aliphatic carbocycles. The highest BCUT2D eigenvalue weighted by atomic mass is 79.9. The lowest BCUT2D eigenvalue weighted by Gasteiger charge is -2.02. The first-order chi connectivity index (χ1) is 8.24. The second-order valence-corrected chi connectivity index (χ2v) is 7.47. The molecular formula is C13H8BrClS2. The van der Waals surface area contributed by atoms with E-state index in [9.17, 15) is 0 Å². The summed E-state index contributed by atoms with van der Waals surface area (Å²) >= 11 is 13.2. The molecule has 2 heterocycles. The largest absolute Gasteiger partial charge is 0.139 e. The molecule has 0 bridgehead atoms. The van der Waals surface area contributed by atoms with Gasteiger partial charge in [-0.15, -0.1) is 22.7 Å². The number of halogens is 2. The molecule has 0 saturated carbocycles. The van der Waals surface area contributed by atoms with E-state index in [1.54, 1.807) is 11.3 Å². The van der Waals surface area contributed by atoms with E-state index in [1.165, 1.54) is 19.8 Å². The number of thiophene rings is 2. The minimum absolute atomic E-state index is 0.248. The molecule has 1 aromatic carbocycles. The van der Waals surface area contributed by atoms with Gasteiger partial charge in [0.1, 0.15) is 0 Å². The number of fused-ring (bicyclic) bond motifs is 1. The monoisotopic (exact) mass is 342 g/mol. The summed E-state index contributed by atoms with van der Waals surface area (Å²) in [5.74, 6) is 0. The van der Waals surface area contributed by atoms with Crippen LogP contribution in [-0.4, -0.2) is 0 Å². The zero-order valence-electron chi connectivity index (χ0n) is 8.69. The van der Waals surface area contributed by atoms with Crippen LogP contribution in [0.4, 0.5) is 0 Å². The van der Waals surface area contributed by atoms with Crippen LogP contribution in [0.5, 0.6) is 0 Å². The van der Waals surface area contributed by atoms with Gasteiger partial charge in [-0.3, -0.25) is 0 Å². The van der Waals surface area contributed by atoms with E-state index in [1.807, 2.05) is 17.4 Å². The van der Waals surface area contributed by atoms with E-state index in [0.717, 1.165) is 4.34 Å². The van der Waals surface area contributed by atoms with Gasteiger partial charge in [0.2, 0.25) is 0 Å². The molecule has 0 nitrogen and oxygen atoms in total. The normalized spacial score (nSPS) is 13.1. The third-order valence-electron chi connectivity index (χ3n) is 2.54. The summed E-state index contributed by atoms with van der Waals surface area (Å²) in [6, 6.07) is 14.7. The van der Waals surface area contributed by atoms with Crippen molar-refractivity contribution in [1.29, 1.82) is 0 Å². The standard InChI is InChI=1S/C13H8BrClS2/c14-13(10-5-6-12(15)17-10)11-7-8-3-1-2-4-9(8)16-11/h1-7,13H.